The first-order valence-electron chi connectivity index (χ1n) is 30.6. The molecule has 7 rings (SSSR count). The van der Waals surface area contributed by atoms with Crippen LogP contribution in [0.15, 0.2) is 152 Å². The summed E-state index contributed by atoms with van der Waals surface area (Å²) in [6, 6.07) is 32.9. The van der Waals surface area contributed by atoms with E-state index in [1.807, 2.05) is 24.3 Å². The molecule has 1 fully saturated rings. The van der Waals surface area contributed by atoms with Crippen LogP contribution in [-0.4, -0.2) is 139 Å². The first kappa shape index (κ1) is 68.5. The lowest BCUT2D eigenvalue weighted by Crippen LogP contribution is -2.61. The van der Waals surface area contributed by atoms with Crippen LogP contribution in [0.4, 0.5) is 0 Å². The van der Waals surface area contributed by atoms with E-state index in [1.165, 1.54) is 0 Å². The molecule has 486 valence electrons. The first-order chi connectivity index (χ1) is 44.4. The summed E-state index contributed by atoms with van der Waals surface area (Å²) in [5.74, 6) is -9.26. The fraction of sp³-hybridized carbons (Fsp3) is 0.338. The average molecular weight is 1260 g/mol. The van der Waals surface area contributed by atoms with Gasteiger partial charge in [-0.15, -0.1) is 0 Å². The van der Waals surface area contributed by atoms with E-state index in [0.717, 1.165) is 10.9 Å². The molecule has 1 aliphatic heterocycles. The molecule has 92 heavy (non-hydrogen) atoms. The zero-order valence-corrected chi connectivity index (χ0v) is 51.0. The fourth-order valence-corrected chi connectivity index (χ4v) is 11.2. The molecule has 5 aromatic carbocycles. The van der Waals surface area contributed by atoms with E-state index < -0.39 is 95.5 Å². The van der Waals surface area contributed by atoms with Gasteiger partial charge in [0.05, 0.1) is 0 Å². The van der Waals surface area contributed by atoms with Gasteiger partial charge in [-0.05, 0) is 85.3 Å². The van der Waals surface area contributed by atoms with Crippen molar-refractivity contribution >= 4 is 76.1 Å². The van der Waals surface area contributed by atoms with E-state index in [-0.39, 0.29) is 108 Å². The Morgan fingerprint density at radius 1 is 0.359 bits per heavy atom. The molecule has 0 spiro atoms. The zero-order chi connectivity index (χ0) is 65.9. The van der Waals surface area contributed by atoms with E-state index in [9.17, 15) is 4.79 Å². The van der Waals surface area contributed by atoms with Crippen molar-refractivity contribution < 1.29 is 33.6 Å². The fourth-order valence-electron chi connectivity index (χ4n) is 11.2. The lowest BCUT2D eigenvalue weighted by atomic mass is 9.82. The van der Waals surface area contributed by atoms with Gasteiger partial charge in [0.15, 0.2) is 23.8 Å². The number of fused-ring (bicyclic) bond motifs is 1. The van der Waals surface area contributed by atoms with Crippen LogP contribution in [0, 0.1) is 21.6 Å². The Hall–Kier alpha value is -11.0. The number of H-pyrrole nitrogens is 1. The van der Waals surface area contributed by atoms with Crippen LogP contribution in [0.1, 0.15) is 91.0 Å². The summed E-state index contributed by atoms with van der Waals surface area (Å²) >= 11 is 0. The van der Waals surface area contributed by atoms with E-state index in [4.69, 9.17) is 44.6 Å². The van der Waals surface area contributed by atoms with E-state index in [1.54, 1.807) is 128 Å². The number of para-hydroxylation sites is 1. The molecule has 0 radical (unpaired) electrons. The third kappa shape index (κ3) is 20.5. The number of carbonyl (C=O) groups excluding carboxylic acids is 7. The lowest BCUT2D eigenvalue weighted by molar-refractivity contribution is -0.135. The van der Waals surface area contributed by atoms with Crippen molar-refractivity contribution in [2.24, 2.45) is 22.9 Å². The zero-order valence-electron chi connectivity index (χ0n) is 51.0. The lowest BCUT2D eigenvalue weighted by Gasteiger charge is -2.34. The number of aromatic nitrogens is 1. The highest BCUT2D eigenvalue weighted by molar-refractivity contribution is 6.00. The molecule has 24 N–H and O–H groups in total. The molecule has 6 aromatic rings. The van der Waals surface area contributed by atoms with Crippen LogP contribution in [0.5, 0.6) is 0 Å². The van der Waals surface area contributed by atoms with E-state index in [2.05, 4.69) is 63.5 Å². The van der Waals surface area contributed by atoms with Gasteiger partial charge in [0, 0.05) is 61.5 Å². The second kappa shape index (κ2) is 34.7. The topological polar surface area (TPSA) is 467 Å². The van der Waals surface area contributed by atoms with E-state index in [0.29, 0.717) is 27.8 Å². The Kier molecular flexibility index (Phi) is 25.8. The number of amides is 7. The highest BCUT2D eigenvalue weighted by atomic mass is 16.2. The van der Waals surface area contributed by atoms with Crippen molar-refractivity contribution in [3.8, 4) is 0 Å². The Balaban J connectivity index is 1.45. The molecule has 7 amide bonds. The molecule has 27 heteroatoms. The first-order valence-corrected chi connectivity index (χ1v) is 30.6. The van der Waals surface area contributed by atoms with Crippen molar-refractivity contribution in [2.75, 3.05) is 26.2 Å². The molecule has 27 nitrogen and oxygen atoms in total. The van der Waals surface area contributed by atoms with Gasteiger partial charge in [0.2, 0.25) is 41.4 Å². The summed E-state index contributed by atoms with van der Waals surface area (Å²) in [5, 5.41) is 63.1. The monoisotopic (exact) mass is 1260 g/mol. The Morgan fingerprint density at radius 3 is 0.967 bits per heavy atom. The van der Waals surface area contributed by atoms with Gasteiger partial charge in [0.25, 0.3) is 0 Å². The maximum Gasteiger partial charge on any atom is 0.244 e. The molecule has 0 aliphatic carbocycles. The maximum absolute atomic E-state index is 16.2. The van der Waals surface area contributed by atoms with Crippen molar-refractivity contribution in [2.45, 2.75) is 112 Å². The molecular formula is C65H84N20O7. The molecule has 7 atom stereocenters. The summed E-state index contributed by atoms with van der Waals surface area (Å²) < 4.78 is 0. The summed E-state index contributed by atoms with van der Waals surface area (Å²) in [6.45, 7) is 0.334. The van der Waals surface area contributed by atoms with Gasteiger partial charge >= 0.3 is 0 Å². The van der Waals surface area contributed by atoms with Crippen LogP contribution in [-0.2, 0) is 40.0 Å². The number of nitrogens with one attached hydrogen (secondary N) is 16. The summed E-state index contributed by atoms with van der Waals surface area (Å²) in [5.41, 5.74) is 26.2. The number of nitrogens with two attached hydrogens (primary N) is 4. The number of hydrogen-bond donors (Lipinski definition) is 20. The molecule has 1 aliphatic rings. The Labute approximate surface area is 533 Å². The van der Waals surface area contributed by atoms with Crippen LogP contribution in [0.3, 0.4) is 0 Å². The molecule has 1 saturated heterocycles. The minimum absolute atomic E-state index is 0.0797. The van der Waals surface area contributed by atoms with Crippen LogP contribution in [0.25, 0.3) is 10.9 Å². The van der Waals surface area contributed by atoms with Crippen LogP contribution in [0.2, 0.25) is 0 Å². The number of rotatable bonds is 24. The minimum atomic E-state index is -1.58. The van der Waals surface area contributed by atoms with Gasteiger partial charge in [-0.25, -0.2) is 0 Å². The van der Waals surface area contributed by atoms with Crippen LogP contribution >= 0.6 is 0 Å². The van der Waals surface area contributed by atoms with Crippen molar-refractivity contribution in [1.82, 2.24) is 63.5 Å². The predicted molar refractivity (Wildman–Crippen MR) is 352 cm³/mol. The third-order valence-corrected chi connectivity index (χ3v) is 15.7. The molecule has 0 bridgehead atoms. The van der Waals surface area contributed by atoms with Gasteiger partial charge < -0.3 is 86.4 Å². The van der Waals surface area contributed by atoms with Gasteiger partial charge in [-0.3, -0.25) is 55.2 Å². The van der Waals surface area contributed by atoms with Gasteiger partial charge in [0.1, 0.15) is 42.3 Å². The molecule has 0 saturated carbocycles. The second-order valence-electron chi connectivity index (χ2n) is 22.4. The van der Waals surface area contributed by atoms with Gasteiger partial charge in [-0.1, -0.05) is 140 Å². The SMILES string of the molecule is N=C(N)NCCC[C@@H]1NC(=O)[C@H](CCCNC(=N)N)NC(=O)[C@H](Cc2c[nH]c3ccccc23)NC(=O)[C@H](C(c2ccccc2)c2ccccc2)NC(=O)[C@H](C(c2ccccc2)c2ccccc2)NC(=O)[C@H](CCCNC(=N)N)NC(=O)[C@H](CCCNC(=N)N)NC1=O. The molecule has 2 heterocycles. The standard InChI is InChI=1S/C65H84N20O7/c66-62(67)74-33-15-29-46-55(86)79-47(30-16-34-75-63(68)69)56(87)81-49(32-18-36-77-65(72)73)58(89)84-54(52(41-23-9-3-10-24-41)42-25-11-4-12-26-42)61(92)85-53(51(39-19-5-1-6-20-39)40-21-7-2-8-22-40)60(91)83-50(37-43-38-78-45-28-14-13-27-44(43)45)59(90)82-48(57(88)80-46)31-17-35-76-64(70)71/h1-14,19-28,38,46-54,78H,15-18,29-37H2,(H,79,86)(H,80,88)(H,81,87)(H,82,90)(H,83,91)(H,84,89)(H,85,92)(H4,66,67,74)(H4,68,69,75)(H4,70,71,76)(H4,72,73,77)/t46-,47-,48-,49-,50-,53-,54-/m0/s1. The molecular weight excluding hydrogens is 1170 g/mol. The van der Waals surface area contributed by atoms with E-state index >= 15 is 28.8 Å². The maximum atomic E-state index is 16.2. The quantitative estimate of drug-likeness (QED) is 0.0227. The van der Waals surface area contributed by atoms with Crippen molar-refractivity contribution in [1.29, 1.82) is 21.6 Å². The largest absolute Gasteiger partial charge is 0.370 e. The number of aromatic amines is 1. The Bertz CT molecular complexity index is 3410. The van der Waals surface area contributed by atoms with Crippen LogP contribution < -0.4 is 81.4 Å². The minimum Gasteiger partial charge on any atom is -0.370 e. The highest BCUT2D eigenvalue weighted by Crippen LogP contribution is 2.32. The number of benzene rings is 5. The summed E-state index contributed by atoms with van der Waals surface area (Å²) in [6.07, 6.45) is 1.69. The number of guanidine groups is 4. The normalized spacial score (nSPS) is 19.5. The number of carbonyl (C=O) groups is 7. The number of hydrogen-bond acceptors (Lipinski definition) is 11. The summed E-state index contributed by atoms with van der Waals surface area (Å²) in [4.78, 5) is 112. The van der Waals surface area contributed by atoms with Crippen molar-refractivity contribution in [3.63, 3.8) is 0 Å². The average Bonchev–Trinajstić information content (AvgIpc) is 0.885. The highest BCUT2D eigenvalue weighted by Gasteiger charge is 2.41. The predicted octanol–water partition coefficient (Wildman–Crippen LogP) is 0.835. The summed E-state index contributed by atoms with van der Waals surface area (Å²) in [7, 11) is 0. The molecule has 0 unspecified atom stereocenters. The smallest absolute Gasteiger partial charge is 0.244 e. The third-order valence-electron chi connectivity index (χ3n) is 15.7. The van der Waals surface area contributed by atoms with Crippen molar-refractivity contribution in [3.05, 3.63) is 180 Å². The Morgan fingerprint density at radius 2 is 0.630 bits per heavy atom. The van der Waals surface area contributed by atoms with Gasteiger partial charge in [-0.2, -0.15) is 0 Å². The second-order valence-corrected chi connectivity index (χ2v) is 22.4. The molecule has 1 aromatic heterocycles.